The molecule has 0 spiro atoms. The first-order chi connectivity index (χ1) is 13.0. The van der Waals surface area contributed by atoms with Gasteiger partial charge in [0, 0.05) is 38.3 Å². The van der Waals surface area contributed by atoms with Gasteiger partial charge < -0.3 is 5.32 Å². The zero-order valence-corrected chi connectivity index (χ0v) is 15.9. The van der Waals surface area contributed by atoms with Crippen molar-refractivity contribution >= 4 is 21.6 Å². The Morgan fingerprint density at radius 3 is 2.67 bits per heavy atom. The third-order valence-electron chi connectivity index (χ3n) is 5.21. The number of hydrogen-bond acceptors (Lipinski definition) is 4. The minimum Gasteiger partial charge on any atom is -0.326 e. The number of amides is 1. The van der Waals surface area contributed by atoms with Gasteiger partial charge in [0.1, 0.15) is 0 Å². The number of anilines is 1. The van der Waals surface area contributed by atoms with Crippen LogP contribution >= 0.6 is 0 Å². The fourth-order valence-corrected chi connectivity index (χ4v) is 4.76. The molecule has 2 heterocycles. The van der Waals surface area contributed by atoms with E-state index in [4.69, 9.17) is 0 Å². The molecule has 142 valence electrons. The molecule has 0 aliphatic carbocycles. The molecule has 4 rings (SSSR count). The maximum absolute atomic E-state index is 12.6. The predicted molar refractivity (Wildman–Crippen MR) is 104 cm³/mol. The summed E-state index contributed by atoms with van der Waals surface area (Å²) in [5.41, 5.74) is 4.28. The minimum absolute atomic E-state index is 0.0284. The molecule has 0 aromatic heterocycles. The van der Waals surface area contributed by atoms with Crippen LogP contribution in [0, 0.1) is 0 Å². The molecule has 2 N–H and O–H groups in total. The van der Waals surface area contributed by atoms with Crippen molar-refractivity contribution in [2.75, 3.05) is 25.0 Å². The summed E-state index contributed by atoms with van der Waals surface area (Å²) in [6.45, 7) is 2.85. The first-order valence-corrected chi connectivity index (χ1v) is 10.7. The van der Waals surface area contributed by atoms with E-state index in [0.717, 1.165) is 25.1 Å². The fourth-order valence-electron chi connectivity index (χ4n) is 3.69. The molecule has 6 nitrogen and oxygen atoms in total. The number of hydrogen-bond donors (Lipinski definition) is 2. The molecule has 2 aliphatic rings. The maximum Gasteiger partial charge on any atom is 0.240 e. The number of aryl methyl sites for hydroxylation is 1. The van der Waals surface area contributed by atoms with Gasteiger partial charge in [-0.3, -0.25) is 9.69 Å². The lowest BCUT2D eigenvalue weighted by atomic mass is 10.0. The molecule has 2 aromatic carbocycles. The van der Waals surface area contributed by atoms with Gasteiger partial charge in [-0.25, -0.2) is 13.1 Å². The summed E-state index contributed by atoms with van der Waals surface area (Å²) in [5, 5.41) is 2.77. The normalized spacial score (nSPS) is 17.1. The first-order valence-electron chi connectivity index (χ1n) is 9.23. The van der Waals surface area contributed by atoms with Crippen molar-refractivity contribution in [3.05, 3.63) is 59.2 Å². The number of fused-ring (bicyclic) bond motifs is 2. The van der Waals surface area contributed by atoms with Gasteiger partial charge in [-0.05, 0) is 47.7 Å². The summed E-state index contributed by atoms with van der Waals surface area (Å²) in [4.78, 5) is 14.0. The van der Waals surface area contributed by atoms with E-state index in [1.54, 1.807) is 18.2 Å². The highest BCUT2D eigenvalue weighted by Gasteiger charge is 2.21. The lowest BCUT2D eigenvalue weighted by molar-refractivity contribution is -0.116. The maximum atomic E-state index is 12.6. The Labute approximate surface area is 159 Å². The van der Waals surface area contributed by atoms with Gasteiger partial charge in [0.2, 0.25) is 15.9 Å². The van der Waals surface area contributed by atoms with Crippen molar-refractivity contribution in [1.29, 1.82) is 0 Å². The van der Waals surface area contributed by atoms with E-state index in [1.807, 2.05) is 6.07 Å². The number of nitrogens with zero attached hydrogens (tertiary/aromatic N) is 1. The van der Waals surface area contributed by atoms with Crippen LogP contribution in [0.5, 0.6) is 0 Å². The third kappa shape index (κ3) is 4.05. The van der Waals surface area contributed by atoms with E-state index in [0.29, 0.717) is 31.6 Å². The van der Waals surface area contributed by atoms with Crippen LogP contribution in [0.4, 0.5) is 5.69 Å². The highest BCUT2D eigenvalue weighted by Crippen LogP contribution is 2.25. The quantitative estimate of drug-likeness (QED) is 0.824. The zero-order chi connectivity index (χ0) is 18.9. The molecule has 2 aromatic rings. The van der Waals surface area contributed by atoms with Crippen LogP contribution < -0.4 is 10.0 Å². The lowest BCUT2D eigenvalue weighted by Crippen LogP contribution is -2.37. The Morgan fingerprint density at radius 1 is 1.00 bits per heavy atom. The van der Waals surface area contributed by atoms with Gasteiger partial charge >= 0.3 is 0 Å². The van der Waals surface area contributed by atoms with E-state index in [-0.39, 0.29) is 10.8 Å². The van der Waals surface area contributed by atoms with Crippen LogP contribution in [0.15, 0.2) is 47.4 Å². The number of rotatable bonds is 5. The molecular weight excluding hydrogens is 362 g/mol. The molecule has 1 amide bonds. The number of carbonyl (C=O) groups is 1. The SMILES string of the molecule is O=C1CCc2cc(S(=O)(=O)NCCN3CCc4ccccc4C3)ccc2N1. The summed E-state index contributed by atoms with van der Waals surface area (Å²) in [5.74, 6) is -0.0284. The van der Waals surface area contributed by atoms with E-state index in [1.165, 1.54) is 11.1 Å². The Balaban J connectivity index is 1.36. The lowest BCUT2D eigenvalue weighted by Gasteiger charge is -2.28. The number of benzene rings is 2. The highest BCUT2D eigenvalue weighted by atomic mass is 32.2. The molecule has 0 radical (unpaired) electrons. The topological polar surface area (TPSA) is 78.5 Å². The van der Waals surface area contributed by atoms with Crippen molar-refractivity contribution in [1.82, 2.24) is 9.62 Å². The molecule has 7 heteroatoms. The summed E-state index contributed by atoms with van der Waals surface area (Å²) < 4.78 is 27.9. The molecule has 0 atom stereocenters. The van der Waals surface area contributed by atoms with Gasteiger partial charge in [0.25, 0.3) is 0 Å². The second-order valence-electron chi connectivity index (χ2n) is 7.06. The van der Waals surface area contributed by atoms with Crippen molar-refractivity contribution in [3.63, 3.8) is 0 Å². The molecule has 2 aliphatic heterocycles. The predicted octanol–water partition coefficient (Wildman–Crippen LogP) is 1.91. The highest BCUT2D eigenvalue weighted by molar-refractivity contribution is 7.89. The van der Waals surface area contributed by atoms with Gasteiger partial charge in [-0.15, -0.1) is 0 Å². The van der Waals surface area contributed by atoms with Crippen molar-refractivity contribution in [2.45, 2.75) is 30.7 Å². The molecule has 0 bridgehead atoms. The first kappa shape index (κ1) is 18.2. The molecule has 0 saturated carbocycles. The van der Waals surface area contributed by atoms with Crippen LogP contribution in [0.1, 0.15) is 23.1 Å². The molecular formula is C20H23N3O3S. The molecule has 0 unspecified atom stereocenters. The van der Waals surface area contributed by atoms with Gasteiger partial charge in [0.05, 0.1) is 4.90 Å². The van der Waals surface area contributed by atoms with Crippen molar-refractivity contribution < 1.29 is 13.2 Å². The molecule has 0 saturated heterocycles. The molecule has 0 fully saturated rings. The van der Waals surface area contributed by atoms with Crippen LogP contribution in [-0.4, -0.2) is 38.9 Å². The van der Waals surface area contributed by atoms with Crippen LogP contribution in [-0.2, 0) is 34.2 Å². The third-order valence-corrected chi connectivity index (χ3v) is 6.67. The number of sulfonamides is 1. The Morgan fingerprint density at radius 2 is 1.81 bits per heavy atom. The second-order valence-corrected chi connectivity index (χ2v) is 8.83. The summed E-state index contributed by atoms with van der Waals surface area (Å²) in [7, 11) is -3.56. The van der Waals surface area contributed by atoms with E-state index >= 15 is 0 Å². The summed E-state index contributed by atoms with van der Waals surface area (Å²) >= 11 is 0. The van der Waals surface area contributed by atoms with E-state index in [2.05, 4.69) is 33.1 Å². The average Bonchev–Trinajstić information content (AvgIpc) is 2.67. The number of carbonyl (C=O) groups excluding carboxylic acids is 1. The largest absolute Gasteiger partial charge is 0.326 e. The van der Waals surface area contributed by atoms with Crippen LogP contribution in [0.3, 0.4) is 0 Å². The van der Waals surface area contributed by atoms with Crippen molar-refractivity contribution in [2.24, 2.45) is 0 Å². The smallest absolute Gasteiger partial charge is 0.240 e. The second kappa shape index (κ2) is 7.42. The fraction of sp³-hybridized carbons (Fsp3) is 0.350. The summed E-state index contributed by atoms with van der Waals surface area (Å²) in [6.07, 6.45) is 1.96. The standard InChI is InChI=1S/C20H23N3O3S/c24-20-8-5-16-13-18(6-7-19(16)22-20)27(25,26)21-10-12-23-11-9-15-3-1-2-4-17(15)14-23/h1-4,6-7,13,21H,5,8-12,14H2,(H,22,24). The minimum atomic E-state index is -3.56. The summed E-state index contributed by atoms with van der Waals surface area (Å²) in [6, 6.07) is 13.3. The number of nitrogens with one attached hydrogen (secondary N) is 2. The van der Waals surface area contributed by atoms with E-state index in [9.17, 15) is 13.2 Å². The Bertz CT molecular complexity index is 972. The van der Waals surface area contributed by atoms with Crippen LogP contribution in [0.2, 0.25) is 0 Å². The van der Waals surface area contributed by atoms with Gasteiger partial charge in [-0.2, -0.15) is 0 Å². The Hall–Kier alpha value is -2.22. The van der Waals surface area contributed by atoms with Gasteiger partial charge in [-0.1, -0.05) is 24.3 Å². The Kier molecular flexibility index (Phi) is 4.99. The van der Waals surface area contributed by atoms with Crippen LogP contribution in [0.25, 0.3) is 0 Å². The van der Waals surface area contributed by atoms with Gasteiger partial charge in [0.15, 0.2) is 0 Å². The monoisotopic (exact) mass is 385 g/mol. The van der Waals surface area contributed by atoms with Crippen molar-refractivity contribution in [3.8, 4) is 0 Å². The average molecular weight is 385 g/mol. The zero-order valence-electron chi connectivity index (χ0n) is 15.1. The molecule has 27 heavy (non-hydrogen) atoms. The van der Waals surface area contributed by atoms with E-state index < -0.39 is 10.0 Å².